The Kier molecular flexibility index (Phi) is 5.02. The van der Waals surface area contributed by atoms with Crippen molar-refractivity contribution in [3.05, 3.63) is 69.6 Å². The smallest absolute Gasteiger partial charge is 0.268 e. The number of carbonyl (C=O) groups is 2. The van der Waals surface area contributed by atoms with Crippen LogP contribution in [0.5, 0.6) is 0 Å². The zero-order chi connectivity index (χ0) is 18.1. The molecule has 0 aromatic heterocycles. The van der Waals surface area contributed by atoms with Crippen LogP contribution in [0.3, 0.4) is 0 Å². The fourth-order valence-electron chi connectivity index (χ4n) is 2.67. The summed E-state index contributed by atoms with van der Waals surface area (Å²) in [7, 11) is 0. The molecular weight excluding hydrogens is 354 g/mol. The molecule has 128 valence electrons. The van der Waals surface area contributed by atoms with Crippen molar-refractivity contribution in [3.8, 4) is 0 Å². The van der Waals surface area contributed by atoms with Crippen LogP contribution in [0.25, 0.3) is 5.57 Å². The third-order valence-corrected chi connectivity index (χ3v) is 5.36. The lowest BCUT2D eigenvalue weighted by Crippen LogP contribution is -2.31. The molecule has 3 nitrogen and oxygen atoms in total. The lowest BCUT2D eigenvalue weighted by atomic mass is 10.1. The van der Waals surface area contributed by atoms with Crippen molar-refractivity contribution >= 4 is 46.4 Å². The molecule has 0 bridgehead atoms. The number of thioether (sulfide) groups is 1. The summed E-state index contributed by atoms with van der Waals surface area (Å²) in [5.41, 5.74) is 2.61. The number of benzene rings is 2. The normalized spacial score (nSPS) is 14.8. The maximum atomic E-state index is 13.1. The molecule has 2 amide bonds. The molecule has 5 heteroatoms. The second kappa shape index (κ2) is 7.06. The molecule has 0 saturated heterocycles. The number of anilines is 1. The van der Waals surface area contributed by atoms with Crippen molar-refractivity contribution in [1.82, 2.24) is 0 Å². The number of imide groups is 1. The molecule has 0 N–H and O–H groups in total. The van der Waals surface area contributed by atoms with Gasteiger partial charge in [-0.15, -0.1) is 11.8 Å². The standard InChI is InChI=1S/C20H18ClNO2S/c1-12(2)25-18-17(14-7-5-4-6-8-14)19(23)22(20(18)24)15-10-9-13(3)16(21)11-15/h4-12H,1-3H3. The highest BCUT2D eigenvalue weighted by atomic mass is 35.5. The Labute approximate surface area is 156 Å². The first-order chi connectivity index (χ1) is 11.9. The molecule has 2 aromatic carbocycles. The van der Waals surface area contributed by atoms with Crippen LogP contribution in [0.15, 0.2) is 53.4 Å². The van der Waals surface area contributed by atoms with E-state index in [0.717, 1.165) is 11.1 Å². The van der Waals surface area contributed by atoms with E-state index in [2.05, 4.69) is 0 Å². The summed E-state index contributed by atoms with van der Waals surface area (Å²) in [6.45, 7) is 5.89. The third-order valence-electron chi connectivity index (χ3n) is 3.87. The monoisotopic (exact) mass is 371 g/mol. The number of hydrogen-bond donors (Lipinski definition) is 0. The number of rotatable bonds is 4. The van der Waals surface area contributed by atoms with Crippen molar-refractivity contribution in [1.29, 1.82) is 0 Å². The van der Waals surface area contributed by atoms with Crippen LogP contribution >= 0.6 is 23.4 Å². The predicted octanol–water partition coefficient (Wildman–Crippen LogP) is 5.07. The van der Waals surface area contributed by atoms with E-state index in [-0.39, 0.29) is 17.1 Å². The zero-order valence-corrected chi connectivity index (χ0v) is 15.8. The third kappa shape index (κ3) is 3.37. The molecule has 0 spiro atoms. The number of aryl methyl sites for hydroxylation is 1. The van der Waals surface area contributed by atoms with E-state index in [4.69, 9.17) is 11.6 Å². The summed E-state index contributed by atoms with van der Waals surface area (Å²) in [6.07, 6.45) is 0. The molecule has 1 aliphatic heterocycles. The summed E-state index contributed by atoms with van der Waals surface area (Å²) >= 11 is 7.61. The van der Waals surface area contributed by atoms with Crippen LogP contribution in [0.1, 0.15) is 25.0 Å². The van der Waals surface area contributed by atoms with Crippen LogP contribution in [-0.2, 0) is 9.59 Å². The summed E-state index contributed by atoms with van der Waals surface area (Å²) in [5, 5.41) is 0.719. The molecule has 1 aliphatic rings. The lowest BCUT2D eigenvalue weighted by Gasteiger charge is -2.16. The first-order valence-corrected chi connectivity index (χ1v) is 9.27. The van der Waals surface area contributed by atoms with E-state index >= 15 is 0 Å². The minimum absolute atomic E-state index is 0.187. The predicted molar refractivity (Wildman–Crippen MR) is 105 cm³/mol. The lowest BCUT2D eigenvalue weighted by molar-refractivity contribution is -0.119. The fourth-order valence-corrected chi connectivity index (χ4v) is 3.83. The van der Waals surface area contributed by atoms with Gasteiger partial charge in [-0.25, -0.2) is 4.90 Å². The van der Waals surface area contributed by atoms with Crippen molar-refractivity contribution < 1.29 is 9.59 Å². The minimum Gasteiger partial charge on any atom is -0.268 e. The van der Waals surface area contributed by atoms with Gasteiger partial charge in [0.1, 0.15) is 0 Å². The van der Waals surface area contributed by atoms with Crippen molar-refractivity contribution in [2.45, 2.75) is 26.0 Å². The van der Waals surface area contributed by atoms with Gasteiger partial charge in [0.15, 0.2) is 0 Å². The Morgan fingerprint density at radius 1 is 1.00 bits per heavy atom. The molecular formula is C20H18ClNO2S. The Morgan fingerprint density at radius 3 is 2.28 bits per heavy atom. The van der Waals surface area contributed by atoms with Gasteiger partial charge >= 0.3 is 0 Å². The van der Waals surface area contributed by atoms with Gasteiger partial charge in [-0.2, -0.15) is 0 Å². The Bertz CT molecular complexity index is 875. The Hall–Kier alpha value is -2.04. The van der Waals surface area contributed by atoms with Gasteiger partial charge in [0.05, 0.1) is 16.2 Å². The molecule has 0 radical (unpaired) electrons. The highest BCUT2D eigenvalue weighted by molar-refractivity contribution is 8.04. The fraction of sp³-hybridized carbons (Fsp3) is 0.200. The summed E-state index contributed by atoms with van der Waals surface area (Å²) in [6, 6.07) is 14.6. The van der Waals surface area contributed by atoms with E-state index in [0.29, 0.717) is 21.2 Å². The summed E-state index contributed by atoms with van der Waals surface area (Å²) in [4.78, 5) is 27.8. The van der Waals surface area contributed by atoms with Crippen LogP contribution in [0, 0.1) is 6.92 Å². The zero-order valence-electron chi connectivity index (χ0n) is 14.2. The highest BCUT2D eigenvalue weighted by Crippen LogP contribution is 2.40. The second-order valence-electron chi connectivity index (χ2n) is 6.12. The molecule has 0 aliphatic carbocycles. The SMILES string of the molecule is Cc1ccc(N2C(=O)C(SC(C)C)=C(c3ccccc3)C2=O)cc1Cl. The van der Waals surface area contributed by atoms with Crippen LogP contribution in [-0.4, -0.2) is 17.1 Å². The largest absolute Gasteiger partial charge is 0.272 e. The molecule has 0 fully saturated rings. The second-order valence-corrected chi connectivity index (χ2v) is 8.11. The van der Waals surface area contributed by atoms with Crippen LogP contribution in [0.2, 0.25) is 5.02 Å². The minimum atomic E-state index is -0.306. The number of hydrogen-bond acceptors (Lipinski definition) is 3. The molecule has 1 heterocycles. The van der Waals surface area contributed by atoms with Gasteiger partial charge in [-0.1, -0.05) is 61.8 Å². The molecule has 0 saturated carbocycles. The van der Waals surface area contributed by atoms with Gasteiger partial charge in [0.25, 0.3) is 11.8 Å². The number of amides is 2. The van der Waals surface area contributed by atoms with Gasteiger partial charge in [0.2, 0.25) is 0 Å². The van der Waals surface area contributed by atoms with E-state index in [9.17, 15) is 9.59 Å². The maximum absolute atomic E-state index is 13.1. The van der Waals surface area contributed by atoms with Gasteiger partial charge in [0, 0.05) is 10.3 Å². The van der Waals surface area contributed by atoms with E-state index in [1.54, 1.807) is 12.1 Å². The summed E-state index contributed by atoms with van der Waals surface area (Å²) < 4.78 is 0. The average Bonchev–Trinajstić information content (AvgIpc) is 2.81. The first kappa shape index (κ1) is 17.8. The molecule has 0 atom stereocenters. The Balaban J connectivity index is 2.10. The molecule has 2 aromatic rings. The van der Waals surface area contributed by atoms with Crippen molar-refractivity contribution in [3.63, 3.8) is 0 Å². The van der Waals surface area contributed by atoms with Gasteiger partial charge in [-0.05, 0) is 30.2 Å². The molecule has 0 unspecified atom stereocenters. The van der Waals surface area contributed by atoms with Crippen molar-refractivity contribution in [2.24, 2.45) is 0 Å². The highest BCUT2D eigenvalue weighted by Gasteiger charge is 2.40. The number of nitrogens with zero attached hydrogens (tertiary/aromatic N) is 1. The van der Waals surface area contributed by atoms with E-state index in [1.165, 1.54) is 16.7 Å². The average molecular weight is 372 g/mol. The van der Waals surface area contributed by atoms with Gasteiger partial charge < -0.3 is 0 Å². The van der Waals surface area contributed by atoms with E-state index in [1.807, 2.05) is 57.2 Å². The number of halogens is 1. The van der Waals surface area contributed by atoms with Gasteiger partial charge in [-0.3, -0.25) is 9.59 Å². The number of carbonyl (C=O) groups excluding carboxylic acids is 2. The topological polar surface area (TPSA) is 37.4 Å². The van der Waals surface area contributed by atoms with Crippen LogP contribution in [0.4, 0.5) is 5.69 Å². The quantitative estimate of drug-likeness (QED) is 0.704. The Morgan fingerprint density at radius 2 is 1.68 bits per heavy atom. The maximum Gasteiger partial charge on any atom is 0.272 e. The van der Waals surface area contributed by atoms with E-state index < -0.39 is 0 Å². The molecule has 25 heavy (non-hydrogen) atoms. The van der Waals surface area contributed by atoms with Crippen molar-refractivity contribution in [2.75, 3.05) is 4.90 Å². The first-order valence-electron chi connectivity index (χ1n) is 8.01. The summed E-state index contributed by atoms with van der Waals surface area (Å²) in [5.74, 6) is -0.596. The van der Waals surface area contributed by atoms with Crippen LogP contribution < -0.4 is 4.90 Å². The molecule has 3 rings (SSSR count).